The minimum absolute atomic E-state index is 0.0111. The van der Waals surface area contributed by atoms with Crippen LogP contribution in [0.15, 0.2) is 12.1 Å². The lowest BCUT2D eigenvalue weighted by Gasteiger charge is -2.04. The molecule has 72 valence electrons. The van der Waals surface area contributed by atoms with Gasteiger partial charge in [0.15, 0.2) is 5.75 Å². The third-order valence-corrected chi connectivity index (χ3v) is 1.62. The zero-order valence-corrected chi connectivity index (χ0v) is 7.22. The first kappa shape index (κ1) is 9.80. The van der Waals surface area contributed by atoms with E-state index in [0.717, 1.165) is 6.07 Å². The molecule has 0 bridgehead atoms. The Kier molecular flexibility index (Phi) is 2.53. The standard InChI is InChI=1S/C8H6N2O4/c1-14-8-5(4-9)2-3-6(11)7(8)10(12)13/h2-3,11H,1H3. The number of nitrogens with zero attached hydrogens (tertiary/aromatic N) is 2. The number of nitriles is 1. The Morgan fingerprint density at radius 1 is 1.64 bits per heavy atom. The molecule has 0 heterocycles. The van der Waals surface area contributed by atoms with E-state index in [9.17, 15) is 15.2 Å². The number of nitro groups is 1. The molecule has 0 atom stereocenters. The fraction of sp³-hybridized carbons (Fsp3) is 0.125. The summed E-state index contributed by atoms with van der Waals surface area (Å²) in [6, 6.07) is 4.06. The van der Waals surface area contributed by atoms with Crippen molar-refractivity contribution >= 4 is 5.69 Å². The summed E-state index contributed by atoms with van der Waals surface area (Å²) in [6.45, 7) is 0. The second kappa shape index (κ2) is 3.62. The Balaban J connectivity index is 3.53. The second-order valence-corrected chi connectivity index (χ2v) is 2.38. The van der Waals surface area contributed by atoms with Gasteiger partial charge in [-0.3, -0.25) is 10.1 Å². The quantitative estimate of drug-likeness (QED) is 0.563. The smallest absolute Gasteiger partial charge is 0.353 e. The van der Waals surface area contributed by atoms with Crippen molar-refractivity contribution in [3.8, 4) is 17.6 Å². The molecule has 0 saturated heterocycles. The number of phenols is 1. The maximum Gasteiger partial charge on any atom is 0.353 e. The number of hydrogen-bond acceptors (Lipinski definition) is 5. The molecule has 6 heteroatoms. The molecule has 0 spiro atoms. The fourth-order valence-electron chi connectivity index (χ4n) is 1.03. The van der Waals surface area contributed by atoms with Gasteiger partial charge in [0.2, 0.25) is 5.75 Å². The maximum atomic E-state index is 10.5. The number of hydrogen-bond donors (Lipinski definition) is 1. The summed E-state index contributed by atoms with van der Waals surface area (Å²) in [6.07, 6.45) is 0. The lowest BCUT2D eigenvalue weighted by Crippen LogP contribution is -1.96. The minimum atomic E-state index is -0.797. The topological polar surface area (TPSA) is 96.4 Å². The van der Waals surface area contributed by atoms with Crippen molar-refractivity contribution in [2.75, 3.05) is 7.11 Å². The molecule has 1 N–H and O–H groups in total. The van der Waals surface area contributed by atoms with Gasteiger partial charge in [-0.25, -0.2) is 0 Å². The van der Waals surface area contributed by atoms with E-state index in [1.54, 1.807) is 6.07 Å². The molecule has 0 aliphatic carbocycles. The molecular weight excluding hydrogens is 188 g/mol. The SMILES string of the molecule is COc1c(C#N)ccc(O)c1[N+](=O)[O-]. The van der Waals surface area contributed by atoms with Crippen LogP contribution in [-0.4, -0.2) is 17.1 Å². The van der Waals surface area contributed by atoms with Gasteiger partial charge in [0.05, 0.1) is 12.0 Å². The van der Waals surface area contributed by atoms with Crippen LogP contribution < -0.4 is 4.74 Å². The van der Waals surface area contributed by atoms with Crippen LogP contribution in [0, 0.1) is 21.4 Å². The first-order valence-electron chi connectivity index (χ1n) is 3.56. The highest BCUT2D eigenvalue weighted by Crippen LogP contribution is 2.38. The molecule has 1 rings (SSSR count). The molecule has 0 saturated carbocycles. The zero-order chi connectivity index (χ0) is 10.7. The Morgan fingerprint density at radius 3 is 2.71 bits per heavy atom. The lowest BCUT2D eigenvalue weighted by atomic mass is 10.2. The largest absolute Gasteiger partial charge is 0.502 e. The van der Waals surface area contributed by atoms with Crippen LogP contribution in [-0.2, 0) is 0 Å². The van der Waals surface area contributed by atoms with Crippen molar-refractivity contribution in [1.29, 1.82) is 5.26 Å². The number of benzene rings is 1. The van der Waals surface area contributed by atoms with Gasteiger partial charge in [0.1, 0.15) is 11.6 Å². The van der Waals surface area contributed by atoms with Gasteiger partial charge < -0.3 is 9.84 Å². The highest BCUT2D eigenvalue weighted by atomic mass is 16.6. The number of methoxy groups -OCH3 is 1. The highest BCUT2D eigenvalue weighted by molar-refractivity contribution is 5.63. The summed E-state index contributed by atoms with van der Waals surface area (Å²) in [4.78, 5) is 9.73. The van der Waals surface area contributed by atoms with Gasteiger partial charge in [0, 0.05) is 0 Å². The van der Waals surface area contributed by atoms with Crippen LogP contribution >= 0.6 is 0 Å². The van der Waals surface area contributed by atoms with Crippen LogP contribution in [0.25, 0.3) is 0 Å². The highest BCUT2D eigenvalue weighted by Gasteiger charge is 2.23. The lowest BCUT2D eigenvalue weighted by molar-refractivity contribution is -0.386. The molecule has 0 aliphatic rings. The van der Waals surface area contributed by atoms with E-state index in [1.807, 2.05) is 0 Å². The van der Waals surface area contributed by atoms with Crippen LogP contribution in [0.4, 0.5) is 5.69 Å². The van der Waals surface area contributed by atoms with Gasteiger partial charge in [-0.15, -0.1) is 0 Å². The predicted molar refractivity (Wildman–Crippen MR) is 46.0 cm³/mol. The minimum Gasteiger partial charge on any atom is -0.502 e. The predicted octanol–water partition coefficient (Wildman–Crippen LogP) is 1.18. The molecule has 14 heavy (non-hydrogen) atoms. The molecule has 0 aliphatic heterocycles. The van der Waals surface area contributed by atoms with Crippen molar-refractivity contribution in [2.24, 2.45) is 0 Å². The summed E-state index contributed by atoms with van der Waals surface area (Å²) in [7, 11) is 1.20. The summed E-state index contributed by atoms with van der Waals surface area (Å²) >= 11 is 0. The van der Waals surface area contributed by atoms with E-state index in [-0.39, 0.29) is 11.3 Å². The summed E-state index contributed by atoms with van der Waals surface area (Å²) < 4.78 is 4.69. The number of nitro benzene ring substituents is 1. The van der Waals surface area contributed by atoms with E-state index >= 15 is 0 Å². The van der Waals surface area contributed by atoms with Crippen molar-refractivity contribution in [3.05, 3.63) is 27.8 Å². The monoisotopic (exact) mass is 194 g/mol. The molecule has 1 aromatic carbocycles. The maximum absolute atomic E-state index is 10.5. The summed E-state index contributed by atoms with van der Waals surface area (Å²) in [5.41, 5.74) is -0.580. The molecule has 0 amide bonds. The third-order valence-electron chi connectivity index (χ3n) is 1.62. The second-order valence-electron chi connectivity index (χ2n) is 2.38. The normalized spacial score (nSPS) is 9.14. The first-order chi connectivity index (χ1) is 6.61. The average Bonchev–Trinajstić information content (AvgIpc) is 2.16. The number of phenolic OH excluding ortho intramolecular Hbond substituents is 1. The molecule has 0 fully saturated rings. The van der Waals surface area contributed by atoms with Gasteiger partial charge in [0.25, 0.3) is 0 Å². The molecule has 0 unspecified atom stereocenters. The van der Waals surface area contributed by atoms with E-state index in [1.165, 1.54) is 13.2 Å². The molecule has 0 aromatic heterocycles. The van der Waals surface area contributed by atoms with Crippen molar-refractivity contribution in [2.45, 2.75) is 0 Å². The van der Waals surface area contributed by atoms with Crippen molar-refractivity contribution < 1.29 is 14.8 Å². The molecule has 0 radical (unpaired) electrons. The van der Waals surface area contributed by atoms with E-state index in [2.05, 4.69) is 4.74 Å². The molecule has 1 aromatic rings. The first-order valence-corrected chi connectivity index (χ1v) is 3.56. The van der Waals surface area contributed by atoms with Gasteiger partial charge >= 0.3 is 5.69 Å². The third kappa shape index (κ3) is 1.43. The molecule has 6 nitrogen and oxygen atoms in total. The summed E-state index contributed by atoms with van der Waals surface area (Å²) in [5, 5.41) is 28.3. The average molecular weight is 194 g/mol. The fourth-order valence-corrected chi connectivity index (χ4v) is 1.03. The number of ether oxygens (including phenoxy) is 1. The van der Waals surface area contributed by atoms with Gasteiger partial charge in [-0.1, -0.05) is 0 Å². The Hall–Kier alpha value is -2.29. The zero-order valence-electron chi connectivity index (χ0n) is 7.22. The van der Waals surface area contributed by atoms with Crippen LogP contribution in [0.1, 0.15) is 5.56 Å². The van der Waals surface area contributed by atoms with E-state index in [0.29, 0.717) is 0 Å². The van der Waals surface area contributed by atoms with E-state index in [4.69, 9.17) is 5.26 Å². The summed E-state index contributed by atoms with van der Waals surface area (Å²) in [5.74, 6) is -0.747. The van der Waals surface area contributed by atoms with Crippen LogP contribution in [0.5, 0.6) is 11.5 Å². The van der Waals surface area contributed by atoms with Crippen molar-refractivity contribution in [1.82, 2.24) is 0 Å². The van der Waals surface area contributed by atoms with E-state index < -0.39 is 16.4 Å². The Morgan fingerprint density at radius 2 is 2.29 bits per heavy atom. The molecular formula is C8H6N2O4. The number of rotatable bonds is 2. The Bertz CT molecular complexity index is 422. The van der Waals surface area contributed by atoms with Crippen LogP contribution in [0.2, 0.25) is 0 Å². The van der Waals surface area contributed by atoms with Crippen LogP contribution in [0.3, 0.4) is 0 Å². The van der Waals surface area contributed by atoms with Gasteiger partial charge in [-0.05, 0) is 12.1 Å². The number of aromatic hydroxyl groups is 1. The Labute approximate surface area is 79.1 Å². The van der Waals surface area contributed by atoms with Gasteiger partial charge in [-0.2, -0.15) is 5.26 Å². The van der Waals surface area contributed by atoms with Crippen molar-refractivity contribution in [3.63, 3.8) is 0 Å².